The molecule has 0 fully saturated rings. The molecule has 3 heterocycles. The van der Waals surface area contributed by atoms with Crippen molar-refractivity contribution in [2.45, 2.75) is 52.7 Å². The average Bonchev–Trinajstić information content (AvgIpc) is 3.35. The topological polar surface area (TPSA) is 77.1 Å². The number of alkyl halides is 3. The van der Waals surface area contributed by atoms with Crippen LogP contribution in [0.25, 0.3) is 0 Å². The van der Waals surface area contributed by atoms with Crippen LogP contribution in [0.3, 0.4) is 0 Å². The predicted octanol–water partition coefficient (Wildman–Crippen LogP) is 6.29. The Kier molecular flexibility index (Phi) is 10.2. The highest BCUT2D eigenvalue weighted by Crippen LogP contribution is 2.33. The minimum atomic E-state index is -1.60. The average molecular weight is 558 g/mol. The standard InChI is InChI=1S/C29H34FN5O.C2H4F2.2H2/c1-6-24(29(4,5)36)25(12-9-13-31)32-27(30)23-14-19(2)16-35-20(3)15-26(33-28(23)35)34-17-21-10-7-8-11-22(21)18-34;3-1-2-4;;/h6-16,27,32,36H,3,17-18,31H2,1-2,4-5H3;1-2H2;2*1H/b13-9-,24-6+,25-12+;;;. The number of hydrogen-bond acceptors (Lipinski definition) is 6. The van der Waals surface area contributed by atoms with E-state index in [0.29, 0.717) is 22.7 Å². The Hall–Kier alpha value is -3.98. The highest BCUT2D eigenvalue weighted by molar-refractivity contribution is 6.03. The maximum absolute atomic E-state index is 16.1. The summed E-state index contributed by atoms with van der Waals surface area (Å²) in [5.74, 6) is 1.24. The number of halogens is 3. The molecule has 3 aliphatic rings. The number of rotatable bonds is 8. The van der Waals surface area contributed by atoms with Gasteiger partial charge < -0.3 is 26.0 Å². The molecule has 4 N–H and O–H groups in total. The fourth-order valence-electron chi connectivity index (χ4n) is 4.71. The number of nitrogens with two attached hydrogens (primary N) is 1. The van der Waals surface area contributed by atoms with E-state index in [0.717, 1.165) is 30.2 Å². The third kappa shape index (κ3) is 7.15. The van der Waals surface area contributed by atoms with Gasteiger partial charge in [0.05, 0.1) is 5.60 Å². The number of aliphatic imine (C=N–C) groups is 1. The zero-order chi connectivity index (χ0) is 29.4. The first-order valence-electron chi connectivity index (χ1n) is 13.0. The van der Waals surface area contributed by atoms with E-state index in [2.05, 4.69) is 28.9 Å². The number of hydrogen-bond donors (Lipinski definition) is 3. The molecule has 6 nitrogen and oxygen atoms in total. The van der Waals surface area contributed by atoms with Gasteiger partial charge in [-0.3, -0.25) is 0 Å². The van der Waals surface area contributed by atoms with Gasteiger partial charge >= 0.3 is 0 Å². The molecule has 4 rings (SSSR count). The summed E-state index contributed by atoms with van der Waals surface area (Å²) < 4.78 is 36.8. The van der Waals surface area contributed by atoms with E-state index in [1.54, 1.807) is 45.1 Å². The molecular formula is C31H42F3N5O. The van der Waals surface area contributed by atoms with Gasteiger partial charge in [0, 0.05) is 50.8 Å². The first-order chi connectivity index (χ1) is 19.0. The van der Waals surface area contributed by atoms with Crippen LogP contribution in [-0.4, -0.2) is 46.0 Å². The van der Waals surface area contributed by atoms with Crippen LogP contribution in [0.15, 0.2) is 113 Å². The van der Waals surface area contributed by atoms with Gasteiger partial charge in [-0.25, -0.2) is 18.2 Å². The van der Waals surface area contributed by atoms with Crippen LogP contribution >= 0.6 is 0 Å². The Morgan fingerprint density at radius 1 is 1.23 bits per heavy atom. The lowest BCUT2D eigenvalue weighted by Gasteiger charge is -2.35. The number of fused-ring (bicyclic) bond motifs is 2. The highest BCUT2D eigenvalue weighted by atomic mass is 19.2. The van der Waals surface area contributed by atoms with Crippen LogP contribution in [-0.2, 0) is 13.1 Å². The van der Waals surface area contributed by atoms with Crippen LogP contribution in [0.5, 0.6) is 0 Å². The molecule has 218 valence electrons. The van der Waals surface area contributed by atoms with Gasteiger partial charge in [0.15, 0.2) is 6.30 Å². The SMILES string of the molecule is C=C1C=C(N2Cc3ccccc3C2)N=C2C(C(F)NC(=C/C=C\N)/C(=C\C)C(C)(C)O)=CC(C)=CN12.FCCF.[HH].[HH]. The van der Waals surface area contributed by atoms with Crippen molar-refractivity contribution < 1.29 is 21.1 Å². The zero-order valence-corrected chi connectivity index (χ0v) is 23.5. The molecule has 0 aliphatic carbocycles. The van der Waals surface area contributed by atoms with E-state index in [4.69, 9.17) is 10.7 Å². The largest absolute Gasteiger partial charge is 0.405 e. The smallest absolute Gasteiger partial charge is 0.199 e. The van der Waals surface area contributed by atoms with E-state index >= 15 is 4.39 Å². The van der Waals surface area contributed by atoms with E-state index in [-0.39, 0.29) is 2.85 Å². The van der Waals surface area contributed by atoms with Gasteiger partial charge in [-0.05, 0) is 68.8 Å². The third-order valence-electron chi connectivity index (χ3n) is 6.43. The van der Waals surface area contributed by atoms with Crippen molar-refractivity contribution in [3.63, 3.8) is 0 Å². The number of amidine groups is 1. The summed E-state index contributed by atoms with van der Waals surface area (Å²) >= 11 is 0. The number of aliphatic hydroxyl groups is 1. The van der Waals surface area contributed by atoms with Gasteiger partial charge in [-0.2, -0.15) is 0 Å². The molecule has 0 aromatic heterocycles. The molecule has 1 atom stereocenters. The van der Waals surface area contributed by atoms with Crippen molar-refractivity contribution in [3.05, 3.63) is 119 Å². The van der Waals surface area contributed by atoms with Gasteiger partial charge in [-0.15, -0.1) is 0 Å². The maximum Gasteiger partial charge on any atom is 0.199 e. The van der Waals surface area contributed by atoms with Gasteiger partial charge in [0.25, 0.3) is 0 Å². The highest BCUT2D eigenvalue weighted by Gasteiger charge is 2.33. The molecule has 9 heteroatoms. The van der Waals surface area contributed by atoms with E-state index in [1.165, 1.54) is 17.3 Å². The Balaban J connectivity index is 0.00000138. The summed E-state index contributed by atoms with van der Waals surface area (Å²) in [5.41, 5.74) is 9.83. The van der Waals surface area contributed by atoms with Crippen LogP contribution in [0.4, 0.5) is 13.2 Å². The predicted molar refractivity (Wildman–Crippen MR) is 160 cm³/mol. The molecule has 40 heavy (non-hydrogen) atoms. The van der Waals surface area contributed by atoms with Gasteiger partial charge in [0.1, 0.15) is 25.0 Å². The Morgan fingerprint density at radius 3 is 2.38 bits per heavy atom. The Labute approximate surface area is 237 Å². The van der Waals surface area contributed by atoms with Crippen LogP contribution in [0.2, 0.25) is 0 Å². The Bertz CT molecular complexity index is 1300. The van der Waals surface area contributed by atoms with E-state index in [1.807, 2.05) is 36.2 Å². The van der Waals surface area contributed by atoms with Gasteiger partial charge in [0.2, 0.25) is 0 Å². The molecule has 1 unspecified atom stereocenters. The van der Waals surface area contributed by atoms with Crippen LogP contribution in [0.1, 0.15) is 41.7 Å². The minimum Gasteiger partial charge on any atom is -0.405 e. The van der Waals surface area contributed by atoms with E-state index < -0.39 is 25.2 Å². The molecule has 0 saturated carbocycles. The summed E-state index contributed by atoms with van der Waals surface area (Å²) in [7, 11) is 0. The lowest BCUT2D eigenvalue weighted by Crippen LogP contribution is -2.41. The number of benzene rings is 1. The summed E-state index contributed by atoms with van der Waals surface area (Å²) in [6.07, 6.45) is 10.4. The molecule has 0 saturated heterocycles. The second-order valence-electron chi connectivity index (χ2n) is 10.0. The molecular weight excluding hydrogens is 515 g/mol. The fraction of sp³-hybridized carbons (Fsp3) is 0.323. The first kappa shape index (κ1) is 30.6. The van der Waals surface area contributed by atoms with Crippen LogP contribution in [0, 0.1) is 0 Å². The second kappa shape index (κ2) is 13.4. The van der Waals surface area contributed by atoms with Crippen molar-refractivity contribution in [3.8, 4) is 0 Å². The number of allylic oxidation sites excluding steroid dienone is 6. The summed E-state index contributed by atoms with van der Waals surface area (Å²) in [6.45, 7) is 11.0. The molecule has 1 aromatic carbocycles. The molecule has 0 amide bonds. The zero-order valence-electron chi connectivity index (χ0n) is 23.5. The third-order valence-corrected chi connectivity index (χ3v) is 6.43. The minimum absolute atomic E-state index is 0. The lowest BCUT2D eigenvalue weighted by atomic mass is 9.94. The quantitative estimate of drug-likeness (QED) is 0.259. The van der Waals surface area contributed by atoms with Crippen molar-refractivity contribution >= 4 is 5.84 Å². The maximum atomic E-state index is 16.1. The monoisotopic (exact) mass is 557 g/mol. The molecule has 0 bridgehead atoms. The van der Waals surface area contributed by atoms with Crippen molar-refractivity contribution in [1.29, 1.82) is 0 Å². The van der Waals surface area contributed by atoms with Gasteiger partial charge in [-0.1, -0.05) is 36.9 Å². The van der Waals surface area contributed by atoms with Crippen molar-refractivity contribution in [2.24, 2.45) is 10.7 Å². The summed E-state index contributed by atoms with van der Waals surface area (Å²) in [6, 6.07) is 8.32. The normalized spacial score (nSPS) is 18.2. The van der Waals surface area contributed by atoms with E-state index in [9.17, 15) is 13.9 Å². The number of nitrogens with zero attached hydrogens (tertiary/aromatic N) is 3. The fourth-order valence-corrected chi connectivity index (χ4v) is 4.71. The lowest BCUT2D eigenvalue weighted by molar-refractivity contribution is 0.120. The molecule has 0 radical (unpaired) electrons. The molecule has 3 aliphatic heterocycles. The summed E-state index contributed by atoms with van der Waals surface area (Å²) in [5, 5.41) is 13.6. The van der Waals surface area contributed by atoms with Crippen LogP contribution < -0.4 is 11.1 Å². The number of nitrogens with one attached hydrogen (secondary N) is 1. The molecule has 1 aromatic rings. The first-order valence-corrected chi connectivity index (χ1v) is 13.0. The van der Waals surface area contributed by atoms with Crippen molar-refractivity contribution in [2.75, 3.05) is 13.3 Å². The summed E-state index contributed by atoms with van der Waals surface area (Å²) in [4.78, 5) is 8.89. The van der Waals surface area contributed by atoms with Crippen molar-refractivity contribution in [1.82, 2.24) is 15.1 Å². The second-order valence-corrected chi connectivity index (χ2v) is 10.0. The Morgan fingerprint density at radius 2 is 1.85 bits per heavy atom. The molecule has 0 spiro atoms.